The molecule has 4 nitrogen and oxygen atoms in total. The van der Waals surface area contributed by atoms with E-state index >= 15 is 0 Å². The summed E-state index contributed by atoms with van der Waals surface area (Å²) in [4.78, 5) is 0. The summed E-state index contributed by atoms with van der Waals surface area (Å²) in [5, 5.41) is 2.91. The second kappa shape index (κ2) is 15.0. The summed E-state index contributed by atoms with van der Waals surface area (Å²) in [6, 6.07) is 7.15. The number of rotatable bonds is 14. The van der Waals surface area contributed by atoms with Crippen LogP contribution in [0.3, 0.4) is 0 Å². The zero-order valence-corrected chi connectivity index (χ0v) is 21.7. The molecule has 1 heterocycles. The van der Waals surface area contributed by atoms with E-state index in [1.807, 2.05) is 17.5 Å². The number of hydrogen-bond acceptors (Lipinski definition) is 4. The van der Waals surface area contributed by atoms with Crippen molar-refractivity contribution in [2.24, 2.45) is 0 Å². The molecule has 1 aromatic heterocycles. The van der Waals surface area contributed by atoms with Gasteiger partial charge in [0.2, 0.25) is 0 Å². The van der Waals surface area contributed by atoms with E-state index in [0.717, 1.165) is 10.1 Å². The van der Waals surface area contributed by atoms with E-state index in [9.17, 15) is 13.0 Å². The molecule has 0 unspecified atom stereocenters. The number of benzene rings is 1. The monoisotopic (exact) mass is 469 g/mol. The van der Waals surface area contributed by atoms with Gasteiger partial charge in [0.05, 0.1) is 42.1 Å². The Hall–Kier alpha value is -0.950. The molecule has 0 aliphatic rings. The molecule has 0 bridgehead atoms. The van der Waals surface area contributed by atoms with Crippen molar-refractivity contribution in [3.8, 4) is 0 Å². The molecule has 0 fully saturated rings. The van der Waals surface area contributed by atoms with Crippen molar-refractivity contribution in [2.45, 2.75) is 84.8 Å². The van der Waals surface area contributed by atoms with Gasteiger partial charge in [0.1, 0.15) is 0 Å². The minimum atomic E-state index is -4.18. The van der Waals surface area contributed by atoms with Gasteiger partial charge in [-0.2, -0.15) is 0 Å². The summed E-state index contributed by atoms with van der Waals surface area (Å²) in [5.74, 6) is -0.432. The normalized spacial score (nSPS) is 12.0. The first-order valence-corrected chi connectivity index (χ1v) is 14.5. The number of thiophene rings is 1. The van der Waals surface area contributed by atoms with Gasteiger partial charge >= 0.3 is 0 Å². The SMILES string of the molecule is CCCC[N+](CCCC)(CCCC)CCCC.O=S(=O)([O-])Cc1ccc2sccc2c1. The van der Waals surface area contributed by atoms with E-state index in [4.69, 9.17) is 0 Å². The Bertz CT molecular complexity index is 793. The van der Waals surface area contributed by atoms with Gasteiger partial charge in [0.15, 0.2) is 0 Å². The highest BCUT2D eigenvalue weighted by Crippen LogP contribution is 2.22. The number of nitrogens with zero attached hydrogens (tertiary/aromatic N) is 1. The van der Waals surface area contributed by atoms with Crippen molar-refractivity contribution >= 4 is 31.5 Å². The first-order chi connectivity index (χ1) is 14.8. The average Bonchev–Trinajstić information content (AvgIpc) is 3.20. The number of quaternary nitrogens is 1. The molecule has 178 valence electrons. The summed E-state index contributed by atoms with van der Waals surface area (Å²) < 4.78 is 34.1. The third kappa shape index (κ3) is 11.5. The third-order valence-electron chi connectivity index (χ3n) is 5.80. The van der Waals surface area contributed by atoms with Crippen molar-refractivity contribution in [1.82, 2.24) is 0 Å². The predicted octanol–water partition coefficient (Wildman–Crippen LogP) is 6.95. The van der Waals surface area contributed by atoms with Crippen LogP contribution in [-0.4, -0.2) is 43.6 Å². The fourth-order valence-electron chi connectivity index (χ4n) is 3.95. The summed E-state index contributed by atoms with van der Waals surface area (Å²) in [5.41, 5.74) is 0.547. The smallest absolute Gasteiger partial charge is 0.0988 e. The van der Waals surface area contributed by atoms with Gasteiger partial charge in [-0.15, -0.1) is 11.3 Å². The van der Waals surface area contributed by atoms with Crippen molar-refractivity contribution in [3.05, 3.63) is 35.2 Å². The Morgan fingerprint density at radius 2 is 1.29 bits per heavy atom. The third-order valence-corrected chi connectivity index (χ3v) is 7.39. The first kappa shape index (κ1) is 28.1. The van der Waals surface area contributed by atoms with Gasteiger partial charge in [0, 0.05) is 4.70 Å². The molecule has 2 rings (SSSR count). The molecular weight excluding hydrogens is 426 g/mol. The van der Waals surface area contributed by atoms with Gasteiger partial charge in [-0.3, -0.25) is 0 Å². The quantitative estimate of drug-likeness (QED) is 0.222. The number of fused-ring (bicyclic) bond motifs is 1. The van der Waals surface area contributed by atoms with Crippen LogP contribution in [0.4, 0.5) is 0 Å². The molecule has 0 aliphatic carbocycles. The molecule has 0 spiro atoms. The van der Waals surface area contributed by atoms with Crippen LogP contribution in [0.5, 0.6) is 0 Å². The maximum absolute atomic E-state index is 10.5. The predicted molar refractivity (Wildman–Crippen MR) is 135 cm³/mol. The van der Waals surface area contributed by atoms with Crippen LogP contribution in [0.25, 0.3) is 10.1 Å². The molecule has 2 aromatic rings. The van der Waals surface area contributed by atoms with Crippen molar-refractivity contribution in [3.63, 3.8) is 0 Å². The molecule has 0 aliphatic heterocycles. The Morgan fingerprint density at radius 3 is 1.71 bits per heavy atom. The molecule has 0 radical (unpaired) electrons. The molecule has 0 N–H and O–H groups in total. The summed E-state index contributed by atoms with van der Waals surface area (Å²) in [7, 11) is -4.18. The van der Waals surface area contributed by atoms with Crippen LogP contribution >= 0.6 is 11.3 Å². The maximum Gasteiger partial charge on any atom is 0.0988 e. The maximum atomic E-state index is 10.5. The number of unbranched alkanes of at least 4 members (excludes halogenated alkanes) is 4. The Labute approximate surface area is 195 Å². The summed E-state index contributed by atoms with van der Waals surface area (Å²) >= 11 is 1.59. The van der Waals surface area contributed by atoms with Crippen LogP contribution in [0, 0.1) is 0 Å². The van der Waals surface area contributed by atoms with Crippen LogP contribution < -0.4 is 0 Å². The molecule has 0 atom stereocenters. The standard InChI is InChI=1S/C16H36N.C9H8O3S2/c1-5-9-13-17(14-10-6-2,15-11-7-3)16-12-8-4;10-14(11,12)6-7-1-2-9-8(5-7)3-4-13-9/h5-16H2,1-4H3;1-5H,6H2,(H,10,11,12)/q+1;/p-1. The highest BCUT2D eigenvalue weighted by atomic mass is 32.2. The van der Waals surface area contributed by atoms with Crippen LogP contribution in [0.15, 0.2) is 29.6 Å². The minimum Gasteiger partial charge on any atom is -0.748 e. The lowest BCUT2D eigenvalue weighted by molar-refractivity contribution is -0.929. The highest BCUT2D eigenvalue weighted by molar-refractivity contribution is 7.84. The van der Waals surface area contributed by atoms with Gasteiger partial charge in [-0.1, -0.05) is 59.4 Å². The van der Waals surface area contributed by atoms with Gasteiger partial charge in [0.25, 0.3) is 0 Å². The van der Waals surface area contributed by atoms with Crippen molar-refractivity contribution in [2.75, 3.05) is 26.2 Å². The fraction of sp³-hybridized carbons (Fsp3) is 0.680. The van der Waals surface area contributed by atoms with E-state index in [2.05, 4.69) is 27.7 Å². The summed E-state index contributed by atoms with van der Waals surface area (Å²) in [6.45, 7) is 15.0. The van der Waals surface area contributed by atoms with Crippen LogP contribution in [0.2, 0.25) is 0 Å². The molecule has 31 heavy (non-hydrogen) atoms. The largest absolute Gasteiger partial charge is 0.748 e. The lowest BCUT2D eigenvalue weighted by atomic mass is 10.1. The van der Waals surface area contributed by atoms with Gasteiger partial charge in [-0.05, 0) is 60.2 Å². The lowest BCUT2D eigenvalue weighted by Crippen LogP contribution is -2.50. The Balaban J connectivity index is 0.000000314. The van der Waals surface area contributed by atoms with Crippen LogP contribution in [-0.2, 0) is 15.9 Å². The second-order valence-corrected chi connectivity index (χ2v) is 11.0. The Kier molecular flexibility index (Phi) is 13.6. The molecule has 1 aromatic carbocycles. The summed E-state index contributed by atoms with van der Waals surface area (Å²) in [6.07, 6.45) is 11.1. The fourth-order valence-corrected chi connectivity index (χ4v) is 5.31. The molecule has 0 amide bonds. The highest BCUT2D eigenvalue weighted by Gasteiger charge is 2.24. The molecule has 6 heteroatoms. The molecular formula is C25H43NO3S2. The number of hydrogen-bond donors (Lipinski definition) is 0. The zero-order chi connectivity index (χ0) is 23.2. The van der Waals surface area contributed by atoms with E-state index in [-0.39, 0.29) is 0 Å². The second-order valence-electron chi connectivity index (χ2n) is 8.65. The Morgan fingerprint density at radius 1 is 0.806 bits per heavy atom. The molecule has 0 saturated heterocycles. The van der Waals surface area contributed by atoms with E-state index in [1.54, 1.807) is 23.5 Å². The lowest BCUT2D eigenvalue weighted by Gasteiger charge is -2.39. The van der Waals surface area contributed by atoms with Crippen LogP contribution in [0.1, 0.15) is 84.6 Å². The average molecular weight is 470 g/mol. The van der Waals surface area contributed by atoms with Gasteiger partial charge in [-0.25, -0.2) is 8.42 Å². The topological polar surface area (TPSA) is 57.2 Å². The van der Waals surface area contributed by atoms with E-state index in [1.165, 1.54) is 82.0 Å². The first-order valence-electron chi connectivity index (χ1n) is 12.0. The van der Waals surface area contributed by atoms with E-state index < -0.39 is 15.9 Å². The zero-order valence-electron chi connectivity index (χ0n) is 20.1. The van der Waals surface area contributed by atoms with Crippen molar-refractivity contribution < 1.29 is 17.5 Å². The minimum absolute atomic E-state index is 0.432. The van der Waals surface area contributed by atoms with Crippen molar-refractivity contribution in [1.29, 1.82) is 0 Å². The van der Waals surface area contributed by atoms with E-state index in [0.29, 0.717) is 5.56 Å². The van der Waals surface area contributed by atoms with Gasteiger partial charge < -0.3 is 9.04 Å². The molecule has 0 saturated carbocycles.